The number of carbonyl (C=O) groups excluding carboxylic acids is 1. The Morgan fingerprint density at radius 3 is 2.45 bits per heavy atom. The molecule has 0 heterocycles. The summed E-state index contributed by atoms with van der Waals surface area (Å²) >= 11 is 0. The van der Waals surface area contributed by atoms with Crippen molar-refractivity contribution < 1.29 is 18.3 Å². The molecule has 2 nitrogen and oxygen atoms in total. The van der Waals surface area contributed by atoms with E-state index in [0.717, 1.165) is 23.3 Å². The van der Waals surface area contributed by atoms with Crippen LogP contribution in [0.25, 0.3) is 0 Å². The Kier molecular flexibility index (Phi) is 4.13. The molecular weight excluding hydrogens is 262 g/mol. The van der Waals surface area contributed by atoms with Crippen molar-refractivity contribution in [3.05, 3.63) is 64.7 Å². The molecule has 0 aromatic heterocycles. The number of hydrogen-bond acceptors (Lipinski definition) is 2. The van der Waals surface area contributed by atoms with Crippen LogP contribution in [0.5, 0.6) is 5.75 Å². The predicted octanol–water partition coefficient (Wildman–Crippen LogP) is 3.84. The maximum absolute atomic E-state index is 13.0. The first-order valence-electron chi connectivity index (χ1n) is 6.15. The van der Waals surface area contributed by atoms with E-state index in [9.17, 15) is 13.6 Å². The standard InChI is InChI=1S/C16H14F2O2/c1-10-3-5-13(11(2)7-10)16(19)9-20-12-4-6-14(17)15(18)8-12/h3-8H,9H2,1-2H3. The summed E-state index contributed by atoms with van der Waals surface area (Å²) in [5.41, 5.74) is 2.50. The third kappa shape index (κ3) is 3.20. The zero-order valence-corrected chi connectivity index (χ0v) is 11.2. The van der Waals surface area contributed by atoms with E-state index in [1.165, 1.54) is 6.07 Å². The van der Waals surface area contributed by atoms with Crippen LogP contribution >= 0.6 is 0 Å². The number of halogens is 2. The van der Waals surface area contributed by atoms with E-state index >= 15 is 0 Å². The molecule has 0 radical (unpaired) electrons. The average molecular weight is 276 g/mol. The van der Waals surface area contributed by atoms with Gasteiger partial charge in [-0.25, -0.2) is 8.78 Å². The number of Topliss-reactive ketones (excluding diaryl/α,β-unsaturated/α-hetero) is 1. The number of ether oxygens (including phenoxy) is 1. The van der Waals surface area contributed by atoms with Crippen LogP contribution in [0.3, 0.4) is 0 Å². The van der Waals surface area contributed by atoms with Crippen molar-refractivity contribution in [3.63, 3.8) is 0 Å². The molecule has 2 rings (SSSR count). The fraction of sp³-hybridized carbons (Fsp3) is 0.188. The Labute approximate surface area is 116 Å². The maximum Gasteiger partial charge on any atom is 0.200 e. The van der Waals surface area contributed by atoms with Gasteiger partial charge in [0, 0.05) is 11.6 Å². The molecular formula is C16H14F2O2. The highest BCUT2D eigenvalue weighted by Gasteiger charge is 2.11. The van der Waals surface area contributed by atoms with Gasteiger partial charge in [-0.1, -0.05) is 23.8 Å². The molecule has 0 unspecified atom stereocenters. The molecule has 4 heteroatoms. The number of hydrogen-bond donors (Lipinski definition) is 0. The Hall–Kier alpha value is -2.23. The number of benzene rings is 2. The second kappa shape index (κ2) is 5.82. The summed E-state index contributed by atoms with van der Waals surface area (Å²) in [5.74, 6) is -2.02. The summed E-state index contributed by atoms with van der Waals surface area (Å²) in [6.07, 6.45) is 0. The highest BCUT2D eigenvalue weighted by atomic mass is 19.2. The lowest BCUT2D eigenvalue weighted by Gasteiger charge is -2.08. The highest BCUT2D eigenvalue weighted by molar-refractivity contribution is 5.98. The molecule has 0 bridgehead atoms. The molecule has 2 aromatic carbocycles. The Morgan fingerprint density at radius 2 is 1.80 bits per heavy atom. The van der Waals surface area contributed by atoms with Crippen LogP contribution in [0.2, 0.25) is 0 Å². The average Bonchev–Trinajstić information content (AvgIpc) is 2.40. The Bertz CT molecular complexity index is 651. The second-order valence-electron chi connectivity index (χ2n) is 4.61. The predicted molar refractivity (Wildman–Crippen MR) is 72.1 cm³/mol. The molecule has 0 amide bonds. The molecule has 104 valence electrons. The molecule has 0 aliphatic rings. The van der Waals surface area contributed by atoms with Gasteiger partial charge in [0.1, 0.15) is 5.75 Å². The molecule has 2 aromatic rings. The van der Waals surface area contributed by atoms with Crippen LogP contribution in [0.1, 0.15) is 21.5 Å². The third-order valence-electron chi connectivity index (χ3n) is 2.94. The Morgan fingerprint density at radius 1 is 1.05 bits per heavy atom. The second-order valence-corrected chi connectivity index (χ2v) is 4.61. The monoisotopic (exact) mass is 276 g/mol. The topological polar surface area (TPSA) is 26.3 Å². The van der Waals surface area contributed by atoms with Gasteiger partial charge in [-0.05, 0) is 31.5 Å². The minimum absolute atomic E-state index is 0.127. The summed E-state index contributed by atoms with van der Waals surface area (Å²) in [4.78, 5) is 12.0. The van der Waals surface area contributed by atoms with E-state index in [1.807, 2.05) is 26.0 Å². The lowest BCUT2D eigenvalue weighted by Crippen LogP contribution is -2.13. The first kappa shape index (κ1) is 14.2. The van der Waals surface area contributed by atoms with Gasteiger partial charge >= 0.3 is 0 Å². The van der Waals surface area contributed by atoms with Gasteiger partial charge in [-0.15, -0.1) is 0 Å². The molecule has 0 saturated carbocycles. The smallest absolute Gasteiger partial charge is 0.200 e. The summed E-state index contributed by atoms with van der Waals surface area (Å²) in [7, 11) is 0. The van der Waals surface area contributed by atoms with Gasteiger partial charge in [0.05, 0.1) is 0 Å². The van der Waals surface area contributed by atoms with E-state index in [1.54, 1.807) is 6.07 Å². The van der Waals surface area contributed by atoms with Crippen LogP contribution in [0, 0.1) is 25.5 Å². The van der Waals surface area contributed by atoms with E-state index < -0.39 is 11.6 Å². The van der Waals surface area contributed by atoms with Crippen LogP contribution in [0.4, 0.5) is 8.78 Å². The Balaban J connectivity index is 2.06. The first-order chi connectivity index (χ1) is 9.47. The van der Waals surface area contributed by atoms with Crippen molar-refractivity contribution in [1.82, 2.24) is 0 Å². The zero-order chi connectivity index (χ0) is 14.7. The van der Waals surface area contributed by atoms with Crippen LogP contribution in [-0.4, -0.2) is 12.4 Å². The quantitative estimate of drug-likeness (QED) is 0.793. The summed E-state index contributed by atoms with van der Waals surface area (Å²) in [5, 5.41) is 0. The number of ketones is 1. The lowest BCUT2D eigenvalue weighted by atomic mass is 10.0. The normalized spacial score (nSPS) is 10.4. The van der Waals surface area contributed by atoms with Crippen molar-refractivity contribution in [2.45, 2.75) is 13.8 Å². The number of rotatable bonds is 4. The summed E-state index contributed by atoms with van der Waals surface area (Å²) in [6, 6.07) is 8.66. The fourth-order valence-corrected chi connectivity index (χ4v) is 1.92. The van der Waals surface area contributed by atoms with Crippen LogP contribution in [-0.2, 0) is 0 Å². The van der Waals surface area contributed by atoms with Crippen LogP contribution < -0.4 is 4.74 Å². The largest absolute Gasteiger partial charge is 0.485 e. The van der Waals surface area contributed by atoms with E-state index in [0.29, 0.717) is 5.56 Å². The van der Waals surface area contributed by atoms with Gasteiger partial charge in [0.2, 0.25) is 0 Å². The zero-order valence-electron chi connectivity index (χ0n) is 11.2. The molecule has 0 aliphatic carbocycles. The number of carbonyl (C=O) groups is 1. The van der Waals surface area contributed by atoms with Gasteiger partial charge in [0.15, 0.2) is 24.0 Å². The van der Waals surface area contributed by atoms with Gasteiger partial charge < -0.3 is 4.74 Å². The van der Waals surface area contributed by atoms with Gasteiger partial charge in [0.25, 0.3) is 0 Å². The SMILES string of the molecule is Cc1ccc(C(=O)COc2ccc(F)c(F)c2)c(C)c1. The van der Waals surface area contributed by atoms with Crippen molar-refractivity contribution in [3.8, 4) is 5.75 Å². The molecule has 0 saturated heterocycles. The molecule has 20 heavy (non-hydrogen) atoms. The molecule has 0 fully saturated rings. The minimum atomic E-state index is -0.999. The molecule has 0 N–H and O–H groups in total. The fourth-order valence-electron chi connectivity index (χ4n) is 1.92. The number of aryl methyl sites for hydroxylation is 2. The summed E-state index contributed by atoms with van der Waals surface area (Å²) in [6.45, 7) is 3.58. The van der Waals surface area contributed by atoms with Crippen molar-refractivity contribution in [2.75, 3.05) is 6.61 Å². The molecule has 0 atom stereocenters. The third-order valence-corrected chi connectivity index (χ3v) is 2.94. The van der Waals surface area contributed by atoms with E-state index in [4.69, 9.17) is 4.74 Å². The van der Waals surface area contributed by atoms with E-state index in [2.05, 4.69) is 0 Å². The van der Waals surface area contributed by atoms with Gasteiger partial charge in [-0.2, -0.15) is 0 Å². The van der Waals surface area contributed by atoms with Crippen LogP contribution in [0.15, 0.2) is 36.4 Å². The van der Waals surface area contributed by atoms with Crippen molar-refractivity contribution >= 4 is 5.78 Å². The highest BCUT2D eigenvalue weighted by Crippen LogP contribution is 2.16. The van der Waals surface area contributed by atoms with Crippen molar-refractivity contribution in [1.29, 1.82) is 0 Å². The maximum atomic E-state index is 13.0. The van der Waals surface area contributed by atoms with Gasteiger partial charge in [-0.3, -0.25) is 4.79 Å². The minimum Gasteiger partial charge on any atom is -0.485 e. The van der Waals surface area contributed by atoms with Crippen molar-refractivity contribution in [2.24, 2.45) is 0 Å². The summed E-state index contributed by atoms with van der Waals surface area (Å²) < 4.78 is 30.9. The molecule has 0 aliphatic heterocycles. The molecule has 0 spiro atoms. The first-order valence-corrected chi connectivity index (χ1v) is 6.15. The lowest BCUT2D eigenvalue weighted by molar-refractivity contribution is 0.0920. The van der Waals surface area contributed by atoms with E-state index in [-0.39, 0.29) is 18.1 Å².